The maximum atomic E-state index is 12.3. The van der Waals surface area contributed by atoms with Gasteiger partial charge in [0.2, 0.25) is 0 Å². The topological polar surface area (TPSA) is 61.8 Å². The van der Waals surface area contributed by atoms with Crippen LogP contribution >= 0.6 is 0 Å². The van der Waals surface area contributed by atoms with Gasteiger partial charge in [-0.1, -0.05) is 32.9 Å². The van der Waals surface area contributed by atoms with E-state index in [2.05, 4.69) is 25.5 Å². The van der Waals surface area contributed by atoms with Crippen molar-refractivity contribution in [2.75, 3.05) is 14.2 Å². The molecule has 0 heterocycles. The van der Waals surface area contributed by atoms with E-state index in [-0.39, 0.29) is 16.9 Å². The first kappa shape index (κ1) is 18.5. The zero-order valence-corrected chi connectivity index (χ0v) is 15.1. The number of carbonyl (C=O) groups is 2. The van der Waals surface area contributed by atoms with Crippen molar-refractivity contribution in [1.82, 2.24) is 0 Å². The third kappa shape index (κ3) is 4.38. The van der Waals surface area contributed by atoms with E-state index in [1.165, 1.54) is 32.4 Å². The van der Waals surface area contributed by atoms with Crippen LogP contribution in [-0.4, -0.2) is 26.2 Å². The Labute approximate surface area is 147 Å². The van der Waals surface area contributed by atoms with E-state index in [1.807, 2.05) is 12.1 Å². The highest BCUT2D eigenvalue weighted by atomic mass is 16.6. The molecule has 2 aromatic carbocycles. The summed E-state index contributed by atoms with van der Waals surface area (Å²) in [6.07, 6.45) is 0. The second-order valence-electron chi connectivity index (χ2n) is 6.57. The summed E-state index contributed by atoms with van der Waals surface area (Å²) < 4.78 is 15.3. The van der Waals surface area contributed by atoms with Crippen LogP contribution in [0.3, 0.4) is 0 Å². The number of benzene rings is 2. The molecule has 0 aromatic heterocycles. The molecule has 132 valence electrons. The number of carbonyl (C=O) groups excluding carboxylic acids is 2. The van der Waals surface area contributed by atoms with Gasteiger partial charge in [0.15, 0.2) is 11.5 Å². The summed E-state index contributed by atoms with van der Waals surface area (Å²) in [6.45, 7) is 6.32. The minimum atomic E-state index is -0.496. The molecule has 0 saturated heterocycles. The Balaban J connectivity index is 2.21. The highest BCUT2D eigenvalue weighted by Crippen LogP contribution is 2.29. The van der Waals surface area contributed by atoms with Gasteiger partial charge in [-0.05, 0) is 41.3 Å². The summed E-state index contributed by atoms with van der Waals surface area (Å²) in [5, 5.41) is 0. The van der Waals surface area contributed by atoms with Gasteiger partial charge in [-0.3, -0.25) is 0 Å². The van der Waals surface area contributed by atoms with Crippen molar-refractivity contribution in [3.8, 4) is 11.5 Å². The van der Waals surface area contributed by atoms with Gasteiger partial charge in [0.05, 0.1) is 25.3 Å². The smallest absolute Gasteiger partial charge is 0.343 e. The second-order valence-corrected chi connectivity index (χ2v) is 6.57. The van der Waals surface area contributed by atoms with Crippen LogP contribution in [0.4, 0.5) is 0 Å². The molecule has 2 aromatic rings. The van der Waals surface area contributed by atoms with Gasteiger partial charge in [-0.25, -0.2) is 9.59 Å². The summed E-state index contributed by atoms with van der Waals surface area (Å²) in [5.41, 5.74) is 1.89. The van der Waals surface area contributed by atoms with Crippen LogP contribution in [-0.2, 0) is 10.2 Å². The average Bonchev–Trinajstić information content (AvgIpc) is 2.60. The van der Waals surface area contributed by atoms with Gasteiger partial charge in [0, 0.05) is 0 Å². The average molecular weight is 342 g/mol. The predicted molar refractivity (Wildman–Crippen MR) is 94.4 cm³/mol. The zero-order valence-electron chi connectivity index (χ0n) is 15.1. The molecule has 0 aliphatic heterocycles. The zero-order chi connectivity index (χ0) is 18.6. The molecule has 0 unspecified atom stereocenters. The predicted octanol–water partition coefficient (Wildman–Crippen LogP) is 4.00. The SMILES string of the molecule is COC(=O)c1ccc(OC(=O)c2ccc(C(C)(C)C)cc2)c(OC)c1. The third-order valence-electron chi connectivity index (χ3n) is 3.77. The molecule has 0 aliphatic carbocycles. The summed E-state index contributed by atoms with van der Waals surface area (Å²) >= 11 is 0. The van der Waals surface area contributed by atoms with Gasteiger partial charge in [-0.15, -0.1) is 0 Å². The fourth-order valence-electron chi connectivity index (χ4n) is 2.26. The van der Waals surface area contributed by atoms with Crippen LogP contribution in [0.15, 0.2) is 42.5 Å². The van der Waals surface area contributed by atoms with Crippen LogP contribution < -0.4 is 9.47 Å². The maximum absolute atomic E-state index is 12.3. The molecule has 0 spiro atoms. The van der Waals surface area contributed by atoms with Crippen LogP contribution in [0, 0.1) is 0 Å². The fraction of sp³-hybridized carbons (Fsp3) is 0.300. The molecule has 0 radical (unpaired) electrons. The highest BCUT2D eigenvalue weighted by molar-refractivity contribution is 5.92. The van der Waals surface area contributed by atoms with Crippen LogP contribution in [0.25, 0.3) is 0 Å². The van der Waals surface area contributed by atoms with Crippen LogP contribution in [0.1, 0.15) is 47.1 Å². The van der Waals surface area contributed by atoms with Gasteiger partial charge in [0.25, 0.3) is 0 Å². The molecule has 0 aliphatic rings. The van der Waals surface area contributed by atoms with Crippen LogP contribution in [0.5, 0.6) is 11.5 Å². The summed E-state index contributed by atoms with van der Waals surface area (Å²) in [6, 6.07) is 11.8. The first-order chi connectivity index (χ1) is 11.8. The maximum Gasteiger partial charge on any atom is 0.343 e. The van der Waals surface area contributed by atoms with E-state index in [9.17, 15) is 9.59 Å². The lowest BCUT2D eigenvalue weighted by atomic mass is 9.87. The van der Waals surface area contributed by atoms with E-state index in [4.69, 9.17) is 9.47 Å². The first-order valence-corrected chi connectivity index (χ1v) is 7.85. The highest BCUT2D eigenvalue weighted by Gasteiger charge is 2.17. The van der Waals surface area contributed by atoms with Crippen molar-refractivity contribution >= 4 is 11.9 Å². The van der Waals surface area contributed by atoms with Gasteiger partial charge in [-0.2, -0.15) is 0 Å². The first-order valence-electron chi connectivity index (χ1n) is 7.85. The molecule has 0 bridgehead atoms. The molecule has 5 nitrogen and oxygen atoms in total. The lowest BCUT2D eigenvalue weighted by Crippen LogP contribution is -2.13. The van der Waals surface area contributed by atoms with E-state index < -0.39 is 11.9 Å². The Morgan fingerprint density at radius 1 is 0.800 bits per heavy atom. The molecule has 25 heavy (non-hydrogen) atoms. The normalized spacial score (nSPS) is 10.9. The third-order valence-corrected chi connectivity index (χ3v) is 3.77. The lowest BCUT2D eigenvalue weighted by molar-refractivity contribution is 0.0600. The molecule has 0 fully saturated rings. The Morgan fingerprint density at radius 2 is 1.40 bits per heavy atom. The van der Waals surface area contributed by atoms with E-state index >= 15 is 0 Å². The van der Waals surface area contributed by atoms with Crippen molar-refractivity contribution in [2.24, 2.45) is 0 Å². The Morgan fingerprint density at radius 3 is 1.92 bits per heavy atom. The van der Waals surface area contributed by atoms with Crippen molar-refractivity contribution in [2.45, 2.75) is 26.2 Å². The van der Waals surface area contributed by atoms with Gasteiger partial charge in [0.1, 0.15) is 0 Å². The molecule has 2 rings (SSSR count). The quantitative estimate of drug-likeness (QED) is 0.621. The van der Waals surface area contributed by atoms with Crippen molar-refractivity contribution in [1.29, 1.82) is 0 Å². The molecular weight excluding hydrogens is 320 g/mol. The lowest BCUT2D eigenvalue weighted by Gasteiger charge is -2.19. The number of ether oxygens (including phenoxy) is 3. The Bertz CT molecular complexity index is 770. The summed E-state index contributed by atoms with van der Waals surface area (Å²) in [7, 11) is 2.73. The molecular formula is C20H22O5. The van der Waals surface area contributed by atoms with E-state index in [0.717, 1.165) is 5.56 Å². The number of esters is 2. The molecule has 0 N–H and O–H groups in total. The van der Waals surface area contributed by atoms with Crippen LogP contribution in [0.2, 0.25) is 0 Å². The molecule has 5 heteroatoms. The number of hydrogen-bond donors (Lipinski definition) is 0. The molecule has 0 amide bonds. The minimum Gasteiger partial charge on any atom is -0.493 e. The van der Waals surface area contributed by atoms with Gasteiger partial charge < -0.3 is 14.2 Å². The van der Waals surface area contributed by atoms with Gasteiger partial charge >= 0.3 is 11.9 Å². The summed E-state index contributed by atoms with van der Waals surface area (Å²) in [5.74, 6) is -0.471. The molecule has 0 saturated carbocycles. The molecule has 0 atom stereocenters. The number of methoxy groups -OCH3 is 2. The van der Waals surface area contributed by atoms with Crippen molar-refractivity contribution < 1.29 is 23.8 Å². The van der Waals surface area contributed by atoms with Crippen molar-refractivity contribution in [3.63, 3.8) is 0 Å². The monoisotopic (exact) mass is 342 g/mol. The Kier molecular flexibility index (Phi) is 5.47. The summed E-state index contributed by atoms with van der Waals surface area (Å²) in [4.78, 5) is 23.9. The minimum absolute atomic E-state index is 0.00930. The fourth-order valence-corrected chi connectivity index (χ4v) is 2.26. The largest absolute Gasteiger partial charge is 0.493 e. The van der Waals surface area contributed by atoms with Crippen molar-refractivity contribution in [3.05, 3.63) is 59.2 Å². The van der Waals surface area contributed by atoms with E-state index in [0.29, 0.717) is 11.1 Å². The second kappa shape index (κ2) is 7.38. The number of hydrogen-bond acceptors (Lipinski definition) is 5. The number of rotatable bonds is 4. The Hall–Kier alpha value is -2.82. The standard InChI is InChI=1S/C20H22O5/c1-20(2,3)15-9-6-13(7-10-15)19(22)25-16-11-8-14(18(21)24-5)12-17(16)23-4/h6-12H,1-5H3. The van der Waals surface area contributed by atoms with E-state index in [1.54, 1.807) is 12.1 Å².